The summed E-state index contributed by atoms with van der Waals surface area (Å²) in [5.41, 5.74) is 1.91. The van der Waals surface area contributed by atoms with Crippen molar-refractivity contribution >= 4 is 50.6 Å². The third kappa shape index (κ3) is 5.93. The van der Waals surface area contributed by atoms with Crippen LogP contribution in [-0.2, 0) is 9.47 Å². The third-order valence-electron chi connectivity index (χ3n) is 5.76. The molecule has 0 fully saturated rings. The van der Waals surface area contributed by atoms with Crippen LogP contribution in [0.15, 0.2) is 83.3 Å². The molecule has 200 valence electrons. The highest BCUT2D eigenvalue weighted by atomic mass is 79.9. The van der Waals surface area contributed by atoms with Crippen LogP contribution in [0.1, 0.15) is 36.7 Å². The lowest BCUT2D eigenvalue weighted by Gasteiger charge is -2.33. The summed E-state index contributed by atoms with van der Waals surface area (Å²) < 4.78 is 11.4. The maximum Gasteiger partial charge on any atom is 0.437 e. The molecular formula is C30H28BrN3O5. The number of hydrogen-bond donors (Lipinski definition) is 0. The zero-order valence-corrected chi connectivity index (χ0v) is 23.9. The number of hydrazine groups is 1. The molecule has 39 heavy (non-hydrogen) atoms. The van der Waals surface area contributed by atoms with E-state index in [0.29, 0.717) is 27.2 Å². The molecule has 0 aliphatic carbocycles. The Morgan fingerprint density at radius 1 is 0.872 bits per heavy atom. The fraction of sp³-hybridized carbons (Fsp3) is 0.200. The van der Waals surface area contributed by atoms with Crippen molar-refractivity contribution in [1.82, 2.24) is 9.99 Å². The van der Waals surface area contributed by atoms with Gasteiger partial charge in [-0.3, -0.25) is 4.79 Å². The van der Waals surface area contributed by atoms with E-state index in [1.165, 1.54) is 7.11 Å². The molecule has 0 unspecified atom stereocenters. The van der Waals surface area contributed by atoms with E-state index in [1.54, 1.807) is 76.2 Å². The van der Waals surface area contributed by atoms with Crippen LogP contribution < -0.4 is 5.01 Å². The highest BCUT2D eigenvalue weighted by Gasteiger charge is 2.39. The quantitative estimate of drug-likeness (QED) is 0.229. The summed E-state index contributed by atoms with van der Waals surface area (Å²) in [5.74, 6) is -0.775. The first-order valence-corrected chi connectivity index (χ1v) is 13.0. The molecule has 0 atom stereocenters. The average Bonchev–Trinajstić information content (AvgIpc) is 2.90. The van der Waals surface area contributed by atoms with E-state index in [9.17, 15) is 14.4 Å². The van der Waals surface area contributed by atoms with E-state index in [1.807, 2.05) is 30.3 Å². The van der Waals surface area contributed by atoms with Gasteiger partial charge in [-0.1, -0.05) is 70.5 Å². The van der Waals surface area contributed by atoms with Gasteiger partial charge in [0.15, 0.2) is 0 Å². The van der Waals surface area contributed by atoms with Gasteiger partial charge in [-0.05, 0) is 57.5 Å². The minimum Gasteiger partial charge on any atom is -0.451 e. The molecule has 0 aliphatic rings. The Labute approximate surface area is 235 Å². The lowest BCUT2D eigenvalue weighted by atomic mass is 9.97. The predicted octanol–water partition coefficient (Wildman–Crippen LogP) is 7.54. The molecule has 4 rings (SSSR count). The van der Waals surface area contributed by atoms with Gasteiger partial charge in [0.05, 0.1) is 29.6 Å². The number of imide groups is 1. The fourth-order valence-corrected chi connectivity index (χ4v) is 4.46. The van der Waals surface area contributed by atoms with Gasteiger partial charge in [0.25, 0.3) is 5.91 Å². The smallest absolute Gasteiger partial charge is 0.437 e. The monoisotopic (exact) mass is 589 g/mol. The third-order valence-corrected chi connectivity index (χ3v) is 6.25. The number of para-hydroxylation sites is 1. The Kier molecular flexibility index (Phi) is 8.01. The number of nitrogens with zero attached hydrogens (tertiary/aromatic N) is 3. The molecule has 0 radical (unpaired) electrons. The number of carbonyl (C=O) groups is 3. The van der Waals surface area contributed by atoms with Gasteiger partial charge >= 0.3 is 12.2 Å². The Balaban J connectivity index is 2.01. The molecule has 0 saturated carbocycles. The molecule has 3 amide bonds. The van der Waals surface area contributed by atoms with Crippen molar-refractivity contribution in [2.75, 3.05) is 12.1 Å². The van der Waals surface area contributed by atoms with Gasteiger partial charge in [-0.2, -0.15) is 5.01 Å². The number of rotatable bonds is 3. The van der Waals surface area contributed by atoms with Gasteiger partial charge in [0.2, 0.25) is 0 Å². The first-order valence-electron chi connectivity index (χ1n) is 12.2. The highest BCUT2D eigenvalue weighted by Crippen LogP contribution is 2.33. The molecule has 9 heteroatoms. The number of benzene rings is 3. The molecule has 0 aliphatic heterocycles. The SMILES string of the molecule is COC(=O)N(c1ccccc1)N(C(=O)OC(C)(C)C)C(=O)c1c(C)c(-c2ccccc2)nc2cc(Br)ccc12. The van der Waals surface area contributed by atoms with Gasteiger partial charge < -0.3 is 9.47 Å². The molecule has 0 bridgehead atoms. The average molecular weight is 590 g/mol. The lowest BCUT2D eigenvalue weighted by molar-refractivity contribution is 0.0214. The minimum absolute atomic E-state index is 0.196. The maximum atomic E-state index is 14.5. The van der Waals surface area contributed by atoms with E-state index in [2.05, 4.69) is 15.9 Å². The minimum atomic E-state index is -1.04. The second-order valence-corrected chi connectivity index (χ2v) is 10.6. The standard InChI is InChI=1S/C30H28BrN3O5/c1-19-25(23-17-16-21(31)18-24(23)32-26(19)20-12-8-6-9-13-20)27(35)34(29(37)39-30(2,3)4)33(28(36)38-5)22-14-10-7-11-15-22/h6-18H,1-5H3. The van der Waals surface area contributed by atoms with E-state index >= 15 is 0 Å². The first-order chi connectivity index (χ1) is 18.5. The maximum absolute atomic E-state index is 14.5. The van der Waals surface area contributed by atoms with Crippen molar-refractivity contribution < 1.29 is 23.9 Å². The van der Waals surface area contributed by atoms with Gasteiger partial charge in [-0.25, -0.2) is 14.6 Å². The van der Waals surface area contributed by atoms with Crippen molar-refractivity contribution in [2.24, 2.45) is 0 Å². The van der Waals surface area contributed by atoms with Crippen molar-refractivity contribution in [3.8, 4) is 11.3 Å². The number of methoxy groups -OCH3 is 1. The number of hydrogen-bond acceptors (Lipinski definition) is 6. The topological polar surface area (TPSA) is 89.0 Å². The Bertz CT molecular complexity index is 1540. The second-order valence-electron chi connectivity index (χ2n) is 9.70. The first kappa shape index (κ1) is 27.8. The zero-order chi connectivity index (χ0) is 28.3. The summed E-state index contributed by atoms with van der Waals surface area (Å²) in [7, 11) is 1.17. The lowest BCUT2D eigenvalue weighted by Crippen LogP contribution is -2.54. The zero-order valence-electron chi connectivity index (χ0n) is 22.3. The fourth-order valence-electron chi connectivity index (χ4n) is 4.11. The number of pyridine rings is 1. The van der Waals surface area contributed by atoms with Crippen molar-refractivity contribution in [2.45, 2.75) is 33.3 Å². The van der Waals surface area contributed by atoms with E-state index < -0.39 is 23.7 Å². The van der Waals surface area contributed by atoms with Crippen LogP contribution in [0.5, 0.6) is 0 Å². The van der Waals surface area contributed by atoms with Crippen molar-refractivity contribution in [1.29, 1.82) is 0 Å². The van der Waals surface area contributed by atoms with Crippen LogP contribution in [0.2, 0.25) is 0 Å². The van der Waals surface area contributed by atoms with Crippen molar-refractivity contribution in [3.05, 3.63) is 94.5 Å². The highest BCUT2D eigenvalue weighted by molar-refractivity contribution is 9.10. The number of halogens is 1. The molecule has 0 spiro atoms. The summed E-state index contributed by atoms with van der Waals surface area (Å²) in [6, 6.07) is 23.1. The number of anilines is 1. The van der Waals surface area contributed by atoms with Crippen LogP contribution in [0.25, 0.3) is 22.2 Å². The van der Waals surface area contributed by atoms with Crippen LogP contribution in [-0.4, -0.2) is 40.8 Å². The van der Waals surface area contributed by atoms with Crippen LogP contribution >= 0.6 is 15.9 Å². The van der Waals surface area contributed by atoms with Crippen LogP contribution in [0.4, 0.5) is 15.3 Å². The number of fused-ring (bicyclic) bond motifs is 1. The second kappa shape index (κ2) is 11.2. The van der Waals surface area contributed by atoms with E-state index in [4.69, 9.17) is 14.5 Å². The number of ether oxygens (including phenoxy) is 2. The Morgan fingerprint density at radius 3 is 2.08 bits per heavy atom. The molecule has 1 aromatic heterocycles. The summed E-state index contributed by atoms with van der Waals surface area (Å²) in [6.07, 6.45) is -1.98. The molecule has 8 nitrogen and oxygen atoms in total. The van der Waals surface area contributed by atoms with E-state index in [-0.39, 0.29) is 11.3 Å². The van der Waals surface area contributed by atoms with Crippen molar-refractivity contribution in [3.63, 3.8) is 0 Å². The molecule has 0 N–H and O–H groups in total. The Morgan fingerprint density at radius 2 is 1.49 bits per heavy atom. The van der Waals surface area contributed by atoms with Gasteiger partial charge in [0.1, 0.15) is 5.60 Å². The van der Waals surface area contributed by atoms with Crippen LogP contribution in [0.3, 0.4) is 0 Å². The summed E-state index contributed by atoms with van der Waals surface area (Å²) in [6.45, 7) is 6.80. The molecule has 3 aromatic carbocycles. The number of amides is 3. The number of carbonyl (C=O) groups excluding carboxylic acids is 3. The van der Waals surface area contributed by atoms with E-state index in [0.717, 1.165) is 15.0 Å². The predicted molar refractivity (Wildman–Crippen MR) is 153 cm³/mol. The normalized spacial score (nSPS) is 11.1. The Hall–Kier alpha value is -4.24. The van der Waals surface area contributed by atoms with Gasteiger partial charge in [0, 0.05) is 15.4 Å². The molecule has 4 aromatic rings. The molecule has 1 heterocycles. The number of aromatic nitrogens is 1. The summed E-state index contributed by atoms with van der Waals surface area (Å²) >= 11 is 3.48. The molecule has 0 saturated heterocycles. The molecular weight excluding hydrogens is 562 g/mol. The summed E-state index contributed by atoms with van der Waals surface area (Å²) in [4.78, 5) is 46.2. The van der Waals surface area contributed by atoms with Crippen LogP contribution in [0, 0.1) is 6.92 Å². The largest absolute Gasteiger partial charge is 0.451 e. The summed E-state index contributed by atoms with van der Waals surface area (Å²) in [5, 5.41) is 2.07. The van der Waals surface area contributed by atoms with Gasteiger partial charge in [-0.15, -0.1) is 5.01 Å².